The van der Waals surface area contributed by atoms with Crippen LogP contribution < -0.4 is 5.32 Å². The molecule has 8 nitrogen and oxygen atoms in total. The number of rotatable bonds is 7. The van der Waals surface area contributed by atoms with E-state index < -0.39 is 5.97 Å². The van der Waals surface area contributed by atoms with Gasteiger partial charge in [-0.25, -0.2) is 9.18 Å². The van der Waals surface area contributed by atoms with E-state index in [0.29, 0.717) is 27.7 Å². The smallest absolute Gasteiger partial charge is 0.340 e. The molecule has 4 rings (SSSR count). The van der Waals surface area contributed by atoms with Crippen molar-refractivity contribution in [3.05, 3.63) is 72.0 Å². The Morgan fingerprint density at radius 3 is 2.75 bits per heavy atom. The van der Waals surface area contributed by atoms with Crippen molar-refractivity contribution in [3.8, 4) is 11.4 Å². The van der Waals surface area contributed by atoms with Crippen LogP contribution in [0.25, 0.3) is 17.0 Å². The van der Waals surface area contributed by atoms with Crippen molar-refractivity contribution >= 4 is 35.0 Å². The van der Waals surface area contributed by atoms with E-state index in [0.717, 1.165) is 0 Å². The highest BCUT2D eigenvalue weighted by Gasteiger charge is 2.15. The third-order valence-electron chi connectivity index (χ3n) is 4.37. The van der Waals surface area contributed by atoms with Gasteiger partial charge >= 0.3 is 5.97 Å². The third-order valence-corrected chi connectivity index (χ3v) is 5.29. The molecule has 0 aliphatic heterocycles. The number of benzene rings is 2. The highest BCUT2D eigenvalue weighted by Crippen LogP contribution is 2.22. The summed E-state index contributed by atoms with van der Waals surface area (Å²) in [4.78, 5) is 24.5. The van der Waals surface area contributed by atoms with Gasteiger partial charge in [-0.3, -0.25) is 4.79 Å². The van der Waals surface area contributed by atoms with Gasteiger partial charge in [0.15, 0.2) is 11.5 Å². The topological polar surface area (TPSA) is 98.5 Å². The van der Waals surface area contributed by atoms with Crippen molar-refractivity contribution in [1.29, 1.82) is 0 Å². The first-order chi connectivity index (χ1) is 15.5. The molecule has 0 aliphatic carbocycles. The molecule has 0 radical (unpaired) electrons. The Hall–Kier alpha value is -3.79. The molecule has 4 aromatic rings. The Kier molecular flexibility index (Phi) is 6.41. The summed E-state index contributed by atoms with van der Waals surface area (Å²) in [5, 5.41) is 15.9. The van der Waals surface area contributed by atoms with Crippen LogP contribution in [-0.2, 0) is 9.53 Å². The second-order valence-electron chi connectivity index (χ2n) is 6.58. The molecule has 1 N–H and O–H groups in total. The number of nitrogens with zero attached hydrogens (tertiary/aromatic N) is 4. The quantitative estimate of drug-likeness (QED) is 0.337. The van der Waals surface area contributed by atoms with E-state index in [1.165, 1.54) is 28.4 Å². The fourth-order valence-electron chi connectivity index (χ4n) is 2.96. The average Bonchev–Trinajstić information content (AvgIpc) is 3.21. The number of para-hydroxylation sites is 1. The van der Waals surface area contributed by atoms with Crippen LogP contribution in [0.1, 0.15) is 17.3 Å². The standard InChI is InChI=1S/C22H18FN5O3S/c1-2-31-22(30)16-8-3-4-9-17(16)24-19(29)13-32-20-11-10-18-25-26-21(28(18)27-20)14-6-5-7-15(23)12-14/h3-12H,2,13H2,1H3,(H,24,29). The predicted octanol–water partition coefficient (Wildman–Crippen LogP) is 3.84. The highest BCUT2D eigenvalue weighted by molar-refractivity contribution is 7.99. The first kappa shape index (κ1) is 21.4. The van der Waals surface area contributed by atoms with Gasteiger partial charge in [-0.1, -0.05) is 36.0 Å². The summed E-state index contributed by atoms with van der Waals surface area (Å²) in [5.41, 5.74) is 1.71. The number of amides is 1. The van der Waals surface area contributed by atoms with Gasteiger partial charge in [0.1, 0.15) is 10.8 Å². The first-order valence-electron chi connectivity index (χ1n) is 9.72. The van der Waals surface area contributed by atoms with E-state index in [1.807, 2.05) is 0 Å². The minimum absolute atomic E-state index is 0.0626. The number of anilines is 1. The molecule has 0 atom stereocenters. The van der Waals surface area contributed by atoms with Crippen molar-refractivity contribution in [2.75, 3.05) is 17.7 Å². The van der Waals surface area contributed by atoms with Gasteiger partial charge < -0.3 is 10.1 Å². The molecule has 0 fully saturated rings. The van der Waals surface area contributed by atoms with Crippen LogP contribution in [0.4, 0.5) is 10.1 Å². The molecule has 2 heterocycles. The maximum Gasteiger partial charge on any atom is 0.340 e. The van der Waals surface area contributed by atoms with Crippen molar-refractivity contribution in [2.45, 2.75) is 11.9 Å². The Morgan fingerprint density at radius 2 is 1.94 bits per heavy atom. The number of carbonyl (C=O) groups excluding carboxylic acids is 2. The number of esters is 1. The Morgan fingerprint density at radius 1 is 1.09 bits per heavy atom. The number of halogens is 1. The van der Waals surface area contributed by atoms with E-state index in [-0.39, 0.29) is 29.6 Å². The molecule has 2 aromatic heterocycles. The summed E-state index contributed by atoms with van der Waals surface area (Å²) in [7, 11) is 0. The molecule has 0 spiro atoms. The fourth-order valence-corrected chi connectivity index (χ4v) is 3.62. The van der Waals surface area contributed by atoms with Crippen molar-refractivity contribution < 1.29 is 18.7 Å². The van der Waals surface area contributed by atoms with Crippen molar-refractivity contribution in [2.24, 2.45) is 0 Å². The second-order valence-corrected chi connectivity index (χ2v) is 7.57. The molecule has 1 amide bonds. The molecule has 2 aromatic carbocycles. The average molecular weight is 451 g/mol. The normalized spacial score (nSPS) is 10.8. The van der Waals surface area contributed by atoms with Crippen LogP contribution in [0.3, 0.4) is 0 Å². The van der Waals surface area contributed by atoms with Gasteiger partial charge in [0.25, 0.3) is 0 Å². The molecular weight excluding hydrogens is 433 g/mol. The Bertz CT molecular complexity index is 1290. The lowest BCUT2D eigenvalue weighted by molar-refractivity contribution is -0.113. The zero-order chi connectivity index (χ0) is 22.5. The van der Waals surface area contributed by atoms with Crippen molar-refractivity contribution in [3.63, 3.8) is 0 Å². The first-order valence-corrected chi connectivity index (χ1v) is 10.7. The molecule has 0 saturated heterocycles. The van der Waals surface area contributed by atoms with Crippen LogP contribution in [0, 0.1) is 5.82 Å². The van der Waals surface area contributed by atoms with Crippen LogP contribution >= 0.6 is 11.8 Å². The molecule has 32 heavy (non-hydrogen) atoms. The van der Waals surface area contributed by atoms with E-state index in [9.17, 15) is 14.0 Å². The van der Waals surface area contributed by atoms with Crippen LogP contribution in [0.2, 0.25) is 0 Å². The predicted molar refractivity (Wildman–Crippen MR) is 118 cm³/mol. The van der Waals surface area contributed by atoms with Gasteiger partial charge in [-0.05, 0) is 43.3 Å². The molecular formula is C22H18FN5O3S. The van der Waals surface area contributed by atoms with Gasteiger partial charge in [0.2, 0.25) is 5.91 Å². The molecule has 162 valence electrons. The van der Waals surface area contributed by atoms with Gasteiger partial charge in [0.05, 0.1) is 23.6 Å². The summed E-state index contributed by atoms with van der Waals surface area (Å²) in [6.07, 6.45) is 0. The Balaban J connectivity index is 1.48. The van der Waals surface area contributed by atoms with Crippen LogP contribution in [-0.4, -0.2) is 44.0 Å². The summed E-state index contributed by atoms with van der Waals surface area (Å²) in [5.74, 6) is -0.727. The van der Waals surface area contributed by atoms with Crippen molar-refractivity contribution in [1.82, 2.24) is 19.8 Å². The zero-order valence-electron chi connectivity index (χ0n) is 17.0. The van der Waals surface area contributed by atoms with Crippen LogP contribution in [0.5, 0.6) is 0 Å². The minimum atomic E-state index is -0.499. The number of fused-ring (bicyclic) bond motifs is 1. The number of thioether (sulfide) groups is 1. The fraction of sp³-hybridized carbons (Fsp3) is 0.136. The SMILES string of the molecule is CCOC(=O)c1ccccc1NC(=O)CSc1ccc2nnc(-c3cccc(F)c3)n2n1. The van der Waals surface area contributed by atoms with Gasteiger partial charge in [-0.15, -0.1) is 10.2 Å². The highest BCUT2D eigenvalue weighted by atomic mass is 32.2. The van der Waals surface area contributed by atoms with E-state index >= 15 is 0 Å². The number of carbonyl (C=O) groups is 2. The van der Waals surface area contributed by atoms with E-state index in [1.54, 1.807) is 55.5 Å². The lowest BCUT2D eigenvalue weighted by Gasteiger charge is -2.10. The monoisotopic (exact) mass is 451 g/mol. The molecule has 0 saturated carbocycles. The van der Waals surface area contributed by atoms with E-state index in [2.05, 4.69) is 20.6 Å². The number of hydrogen-bond donors (Lipinski definition) is 1. The number of nitrogens with one attached hydrogen (secondary N) is 1. The lowest BCUT2D eigenvalue weighted by Crippen LogP contribution is -2.17. The zero-order valence-corrected chi connectivity index (χ0v) is 17.8. The van der Waals surface area contributed by atoms with Gasteiger partial charge in [0, 0.05) is 5.56 Å². The number of hydrogen-bond acceptors (Lipinski definition) is 7. The molecule has 0 aliphatic rings. The summed E-state index contributed by atoms with van der Waals surface area (Å²) in [6.45, 7) is 1.96. The summed E-state index contributed by atoms with van der Waals surface area (Å²) in [6, 6.07) is 16.1. The van der Waals surface area contributed by atoms with Gasteiger partial charge in [-0.2, -0.15) is 9.61 Å². The number of ether oxygens (including phenoxy) is 1. The summed E-state index contributed by atoms with van der Waals surface area (Å²) >= 11 is 1.21. The maximum atomic E-state index is 13.6. The number of aromatic nitrogens is 4. The van der Waals surface area contributed by atoms with E-state index in [4.69, 9.17) is 4.74 Å². The molecule has 0 unspecified atom stereocenters. The van der Waals surface area contributed by atoms with Crippen LogP contribution in [0.15, 0.2) is 65.7 Å². The molecule has 10 heteroatoms. The second kappa shape index (κ2) is 9.56. The maximum absolute atomic E-state index is 13.6. The summed E-state index contributed by atoms with van der Waals surface area (Å²) < 4.78 is 20.1. The largest absolute Gasteiger partial charge is 0.462 e. The third kappa shape index (κ3) is 4.75. The molecule has 0 bridgehead atoms. The minimum Gasteiger partial charge on any atom is -0.462 e. The lowest BCUT2D eigenvalue weighted by atomic mass is 10.2. The Labute approximate surface area is 186 Å².